The second-order valence-corrected chi connectivity index (χ2v) is 6.00. The van der Waals surface area contributed by atoms with Crippen molar-refractivity contribution in [2.75, 3.05) is 43.0 Å². The second kappa shape index (κ2) is 7.30. The lowest BCUT2D eigenvalue weighted by Gasteiger charge is -2.37. The third kappa shape index (κ3) is 3.39. The summed E-state index contributed by atoms with van der Waals surface area (Å²) in [6.45, 7) is 2.76. The summed E-state index contributed by atoms with van der Waals surface area (Å²) in [5, 5.41) is 23.6. The van der Waals surface area contributed by atoms with Crippen molar-refractivity contribution >= 4 is 23.0 Å². The van der Waals surface area contributed by atoms with Gasteiger partial charge in [-0.1, -0.05) is 12.1 Å². The second-order valence-electron chi connectivity index (χ2n) is 6.00. The van der Waals surface area contributed by atoms with Crippen molar-refractivity contribution in [3.63, 3.8) is 0 Å². The van der Waals surface area contributed by atoms with Crippen LogP contribution >= 0.6 is 0 Å². The number of nitro groups is 1. The summed E-state index contributed by atoms with van der Waals surface area (Å²) in [5.74, 6) is -0.232. The lowest BCUT2D eigenvalue weighted by atomic mass is 10.1. The van der Waals surface area contributed by atoms with Crippen molar-refractivity contribution in [2.24, 2.45) is 0 Å². The molecule has 0 spiro atoms. The summed E-state index contributed by atoms with van der Waals surface area (Å²) in [7, 11) is 1.45. The number of aromatic hydroxyl groups is 1. The van der Waals surface area contributed by atoms with Gasteiger partial charge in [0.2, 0.25) is 0 Å². The molecule has 0 aromatic heterocycles. The quantitative estimate of drug-likeness (QED) is 0.642. The topological polar surface area (TPSA) is 99.0 Å². The number of rotatable bonds is 4. The first-order chi connectivity index (χ1) is 12.5. The first kappa shape index (κ1) is 17.5. The van der Waals surface area contributed by atoms with E-state index in [-0.39, 0.29) is 17.0 Å². The minimum atomic E-state index is -0.551. The van der Waals surface area contributed by atoms with E-state index in [1.54, 1.807) is 24.3 Å². The molecule has 1 fully saturated rings. The number of anilines is 2. The molecule has 2 N–H and O–H groups in total. The van der Waals surface area contributed by atoms with Gasteiger partial charge < -0.3 is 20.2 Å². The van der Waals surface area contributed by atoms with Gasteiger partial charge in [0, 0.05) is 45.0 Å². The van der Waals surface area contributed by atoms with Crippen molar-refractivity contribution in [3.8, 4) is 5.75 Å². The van der Waals surface area contributed by atoms with Crippen LogP contribution in [0.4, 0.5) is 17.1 Å². The van der Waals surface area contributed by atoms with E-state index < -0.39 is 10.8 Å². The molecule has 136 valence electrons. The van der Waals surface area contributed by atoms with Crippen LogP contribution in [0.15, 0.2) is 42.5 Å². The smallest absolute Gasteiger partial charge is 0.282 e. The van der Waals surface area contributed by atoms with Gasteiger partial charge >= 0.3 is 0 Å². The molecule has 1 heterocycles. The third-order valence-corrected chi connectivity index (χ3v) is 4.52. The number of nitrogens with one attached hydrogen (secondary N) is 1. The Morgan fingerprint density at radius 2 is 1.77 bits per heavy atom. The number of nitro benzene ring substituents is 1. The SMILES string of the molecule is CNC(=O)c1cc(N2CCN(c3ccccc3O)CC2)ccc1[N+](=O)[O-]. The van der Waals surface area contributed by atoms with Gasteiger partial charge in [0.25, 0.3) is 11.6 Å². The number of hydrogen-bond acceptors (Lipinski definition) is 6. The number of benzene rings is 2. The fourth-order valence-electron chi connectivity index (χ4n) is 3.13. The van der Waals surface area contributed by atoms with Gasteiger partial charge in [-0.25, -0.2) is 0 Å². The summed E-state index contributed by atoms with van der Waals surface area (Å²) in [6, 6.07) is 11.8. The standard InChI is InChI=1S/C18H20N4O4/c1-19-18(24)14-12-13(6-7-15(14)22(25)26)20-8-10-21(11-9-20)16-4-2-3-5-17(16)23/h2-7,12,23H,8-11H2,1H3,(H,19,24). The van der Waals surface area contributed by atoms with Crippen LogP contribution in [0.25, 0.3) is 0 Å². The molecule has 0 atom stereocenters. The molecule has 1 aliphatic rings. The summed E-state index contributed by atoms with van der Waals surface area (Å²) < 4.78 is 0. The molecular weight excluding hydrogens is 336 g/mol. The highest BCUT2D eigenvalue weighted by Crippen LogP contribution is 2.29. The van der Waals surface area contributed by atoms with Gasteiger partial charge in [0.05, 0.1) is 10.6 Å². The van der Waals surface area contributed by atoms with Gasteiger partial charge in [-0.15, -0.1) is 0 Å². The first-order valence-electron chi connectivity index (χ1n) is 8.29. The summed E-state index contributed by atoms with van der Waals surface area (Å²) in [5.41, 5.74) is 1.41. The van der Waals surface area contributed by atoms with Crippen molar-refractivity contribution < 1.29 is 14.8 Å². The normalized spacial score (nSPS) is 14.2. The number of hydrogen-bond donors (Lipinski definition) is 2. The van der Waals surface area contributed by atoms with Gasteiger partial charge in [-0.3, -0.25) is 14.9 Å². The average Bonchev–Trinajstić information content (AvgIpc) is 2.67. The molecule has 2 aromatic rings. The van der Waals surface area contributed by atoms with Gasteiger partial charge in [-0.2, -0.15) is 0 Å². The minimum absolute atomic E-state index is 0.0538. The number of phenolic OH excluding ortho intramolecular Hbond substituents is 1. The van der Waals surface area contributed by atoms with E-state index in [0.29, 0.717) is 26.2 Å². The number of carbonyl (C=O) groups is 1. The highest BCUT2D eigenvalue weighted by atomic mass is 16.6. The molecule has 0 unspecified atom stereocenters. The molecule has 1 amide bonds. The van der Waals surface area contributed by atoms with Crippen LogP contribution in [0.1, 0.15) is 10.4 Å². The van der Waals surface area contributed by atoms with E-state index in [0.717, 1.165) is 11.4 Å². The Kier molecular flexibility index (Phi) is 4.92. The average molecular weight is 356 g/mol. The highest BCUT2D eigenvalue weighted by Gasteiger charge is 2.24. The number of nitrogens with zero attached hydrogens (tertiary/aromatic N) is 3. The molecule has 0 bridgehead atoms. The highest BCUT2D eigenvalue weighted by molar-refractivity contribution is 5.99. The molecule has 8 nitrogen and oxygen atoms in total. The number of carbonyl (C=O) groups excluding carboxylic acids is 1. The Labute approximate surface area is 150 Å². The zero-order valence-corrected chi connectivity index (χ0v) is 14.4. The fraction of sp³-hybridized carbons (Fsp3) is 0.278. The molecule has 0 radical (unpaired) electrons. The third-order valence-electron chi connectivity index (χ3n) is 4.52. The van der Waals surface area contributed by atoms with E-state index in [9.17, 15) is 20.0 Å². The lowest BCUT2D eigenvalue weighted by molar-refractivity contribution is -0.385. The van der Waals surface area contributed by atoms with Crippen LogP contribution in [0.2, 0.25) is 0 Å². The molecule has 2 aromatic carbocycles. The fourth-order valence-corrected chi connectivity index (χ4v) is 3.13. The Balaban J connectivity index is 1.78. The minimum Gasteiger partial charge on any atom is -0.506 e. The van der Waals surface area contributed by atoms with Crippen LogP contribution in [-0.4, -0.2) is 49.2 Å². The molecule has 1 aliphatic heterocycles. The van der Waals surface area contributed by atoms with Gasteiger partial charge in [0.1, 0.15) is 11.3 Å². The predicted molar refractivity (Wildman–Crippen MR) is 99.0 cm³/mol. The molecular formula is C18H20N4O4. The maximum absolute atomic E-state index is 12.0. The van der Waals surface area contributed by atoms with Crippen LogP contribution < -0.4 is 15.1 Å². The van der Waals surface area contributed by atoms with E-state index in [2.05, 4.69) is 15.1 Å². The monoisotopic (exact) mass is 356 g/mol. The summed E-state index contributed by atoms with van der Waals surface area (Å²) in [6.07, 6.45) is 0. The van der Waals surface area contributed by atoms with Gasteiger partial charge in [-0.05, 0) is 24.3 Å². The molecule has 8 heteroatoms. The van der Waals surface area contributed by atoms with E-state index in [1.807, 2.05) is 12.1 Å². The lowest BCUT2D eigenvalue weighted by Crippen LogP contribution is -2.46. The van der Waals surface area contributed by atoms with Crippen LogP contribution in [0.3, 0.4) is 0 Å². The predicted octanol–water partition coefficient (Wildman–Crippen LogP) is 1.99. The van der Waals surface area contributed by atoms with E-state index in [1.165, 1.54) is 13.1 Å². The van der Waals surface area contributed by atoms with Gasteiger partial charge in [0.15, 0.2) is 0 Å². The van der Waals surface area contributed by atoms with Crippen LogP contribution in [-0.2, 0) is 0 Å². The van der Waals surface area contributed by atoms with Crippen molar-refractivity contribution in [2.45, 2.75) is 0 Å². The summed E-state index contributed by atoms with van der Waals surface area (Å²) in [4.78, 5) is 26.7. The molecule has 26 heavy (non-hydrogen) atoms. The van der Waals surface area contributed by atoms with Crippen LogP contribution in [0.5, 0.6) is 5.75 Å². The van der Waals surface area contributed by atoms with Crippen molar-refractivity contribution in [1.82, 2.24) is 5.32 Å². The zero-order valence-electron chi connectivity index (χ0n) is 14.4. The number of piperazine rings is 1. The largest absolute Gasteiger partial charge is 0.506 e. The molecule has 1 saturated heterocycles. The Hall–Kier alpha value is -3.29. The number of amides is 1. The Bertz CT molecular complexity index is 832. The Morgan fingerprint density at radius 3 is 2.38 bits per heavy atom. The number of phenols is 1. The molecule has 3 rings (SSSR count). The number of para-hydroxylation sites is 2. The van der Waals surface area contributed by atoms with Crippen molar-refractivity contribution in [1.29, 1.82) is 0 Å². The molecule has 0 saturated carbocycles. The molecule has 0 aliphatic carbocycles. The maximum atomic E-state index is 12.0. The van der Waals surface area contributed by atoms with E-state index >= 15 is 0 Å². The first-order valence-corrected chi connectivity index (χ1v) is 8.29. The maximum Gasteiger partial charge on any atom is 0.282 e. The Morgan fingerprint density at radius 1 is 1.12 bits per heavy atom. The van der Waals surface area contributed by atoms with E-state index in [4.69, 9.17) is 0 Å². The van der Waals surface area contributed by atoms with Crippen molar-refractivity contribution in [3.05, 3.63) is 58.1 Å². The van der Waals surface area contributed by atoms with Crippen LogP contribution in [0, 0.1) is 10.1 Å². The summed E-state index contributed by atoms with van der Waals surface area (Å²) >= 11 is 0. The zero-order chi connectivity index (χ0) is 18.7.